The van der Waals surface area contributed by atoms with E-state index in [0.29, 0.717) is 0 Å². The number of aromatic nitrogens is 2. The summed E-state index contributed by atoms with van der Waals surface area (Å²) in [6.45, 7) is 2.81. The summed E-state index contributed by atoms with van der Waals surface area (Å²) >= 11 is 0. The van der Waals surface area contributed by atoms with Crippen LogP contribution in [0.1, 0.15) is 39.3 Å². The summed E-state index contributed by atoms with van der Waals surface area (Å²) < 4.78 is 1.85. The van der Waals surface area contributed by atoms with E-state index < -0.39 is 34.7 Å². The molecular formula is C18H25N5O6. The highest BCUT2D eigenvalue weighted by Gasteiger charge is 2.18. The van der Waals surface area contributed by atoms with Gasteiger partial charge in [0.15, 0.2) is 0 Å². The fourth-order valence-electron chi connectivity index (χ4n) is 2.86. The predicted molar refractivity (Wildman–Crippen MR) is 106 cm³/mol. The first-order chi connectivity index (χ1) is 13.1. The van der Waals surface area contributed by atoms with E-state index in [4.69, 9.17) is 11.5 Å². The van der Waals surface area contributed by atoms with Gasteiger partial charge >= 0.3 is 0 Å². The molecule has 158 valence electrons. The zero-order valence-electron chi connectivity index (χ0n) is 15.4. The van der Waals surface area contributed by atoms with E-state index in [1.165, 1.54) is 19.9 Å². The Morgan fingerprint density at radius 2 is 1.34 bits per heavy atom. The van der Waals surface area contributed by atoms with Crippen molar-refractivity contribution in [1.29, 1.82) is 0 Å². The van der Waals surface area contributed by atoms with Gasteiger partial charge in [0.05, 0.1) is 6.67 Å². The van der Waals surface area contributed by atoms with Gasteiger partial charge in [0, 0.05) is 25.2 Å². The van der Waals surface area contributed by atoms with Crippen molar-refractivity contribution < 1.29 is 19.8 Å². The van der Waals surface area contributed by atoms with Gasteiger partial charge in [0.25, 0.3) is 22.9 Å². The molecule has 0 bridgehead atoms. The fourth-order valence-corrected chi connectivity index (χ4v) is 2.86. The predicted octanol–water partition coefficient (Wildman–Crippen LogP) is -0.881. The summed E-state index contributed by atoms with van der Waals surface area (Å²) in [5.41, 5.74) is 9.52. The number of hydrogen-bond donors (Lipinski definition) is 5. The molecule has 11 heteroatoms. The van der Waals surface area contributed by atoms with Crippen molar-refractivity contribution in [2.24, 2.45) is 11.5 Å². The number of rotatable bonds is 7. The molecule has 2 heterocycles. The molecule has 7 N–H and O–H groups in total. The summed E-state index contributed by atoms with van der Waals surface area (Å²) in [4.78, 5) is 46.9. The number of nitrogens with one attached hydrogen (secondary N) is 1. The number of carbonyl (C=O) groups is 2. The van der Waals surface area contributed by atoms with E-state index in [1.54, 1.807) is 0 Å². The van der Waals surface area contributed by atoms with E-state index in [2.05, 4.69) is 5.32 Å². The van der Waals surface area contributed by atoms with Gasteiger partial charge in [-0.1, -0.05) is 7.43 Å². The van der Waals surface area contributed by atoms with Gasteiger partial charge in [0.2, 0.25) is 11.8 Å². The van der Waals surface area contributed by atoms with Crippen molar-refractivity contribution >= 4 is 11.8 Å². The number of aromatic hydroxyl groups is 2. The smallest absolute Gasteiger partial charge is 0.254 e. The molecule has 0 aliphatic heterocycles. The number of aryl methyl sites for hydroxylation is 2. The van der Waals surface area contributed by atoms with Crippen molar-refractivity contribution in [2.75, 3.05) is 6.54 Å². The Morgan fingerprint density at radius 1 is 0.931 bits per heavy atom. The maximum Gasteiger partial charge on any atom is 0.254 e. The van der Waals surface area contributed by atoms with Gasteiger partial charge < -0.3 is 21.7 Å². The molecule has 0 saturated carbocycles. The lowest BCUT2D eigenvalue weighted by Crippen LogP contribution is -2.33. The first kappa shape index (κ1) is 23.4. The quantitative estimate of drug-likeness (QED) is 0.369. The number of nitrogens with zero attached hydrogens (tertiary/aromatic N) is 2. The maximum absolute atomic E-state index is 12.0. The Kier molecular flexibility index (Phi) is 7.32. The van der Waals surface area contributed by atoms with Crippen molar-refractivity contribution in [3.05, 3.63) is 55.1 Å². The highest BCUT2D eigenvalue weighted by molar-refractivity contribution is 5.96. The highest BCUT2D eigenvalue weighted by Crippen LogP contribution is 2.18. The Hall–Kier alpha value is -3.60. The number of primary amides is 2. The monoisotopic (exact) mass is 407 g/mol. The number of hydrogen-bond acceptors (Lipinski definition) is 7. The second-order valence-corrected chi connectivity index (χ2v) is 6.19. The molecule has 2 rings (SSSR count). The lowest BCUT2D eigenvalue weighted by molar-refractivity contribution is 0.0986. The third kappa shape index (κ3) is 4.63. The van der Waals surface area contributed by atoms with Crippen molar-refractivity contribution in [1.82, 2.24) is 14.5 Å². The van der Waals surface area contributed by atoms with Crippen LogP contribution in [0, 0.1) is 13.8 Å². The van der Waals surface area contributed by atoms with Crippen LogP contribution in [0.5, 0.6) is 11.8 Å². The number of carbonyl (C=O) groups excluding carboxylic acids is 2. The van der Waals surface area contributed by atoms with Crippen LogP contribution in [0.15, 0.2) is 21.7 Å². The molecule has 0 aliphatic carbocycles. The molecule has 0 spiro atoms. The normalized spacial score (nSPS) is 10.4. The summed E-state index contributed by atoms with van der Waals surface area (Å²) in [6.07, 6.45) is 0. The molecule has 0 aromatic carbocycles. The minimum absolute atomic E-state index is 0. The van der Waals surface area contributed by atoms with Crippen LogP contribution in [-0.2, 0) is 13.2 Å². The van der Waals surface area contributed by atoms with E-state index in [0.717, 1.165) is 15.2 Å². The van der Waals surface area contributed by atoms with Crippen LogP contribution in [0.3, 0.4) is 0 Å². The fraction of sp³-hybridized carbons (Fsp3) is 0.333. The number of pyridine rings is 2. The Labute approximate surface area is 166 Å². The molecule has 0 saturated heterocycles. The Balaban J connectivity index is 0.00000420. The van der Waals surface area contributed by atoms with Crippen molar-refractivity contribution in [3.8, 4) is 11.8 Å². The average Bonchev–Trinajstić information content (AvgIpc) is 2.54. The molecule has 2 amide bonds. The van der Waals surface area contributed by atoms with E-state index in [9.17, 15) is 29.4 Å². The van der Waals surface area contributed by atoms with E-state index in [1.807, 2.05) is 0 Å². The maximum atomic E-state index is 12.0. The van der Waals surface area contributed by atoms with Crippen molar-refractivity contribution in [2.45, 2.75) is 34.5 Å². The minimum atomic E-state index is -0.876. The second-order valence-electron chi connectivity index (χ2n) is 6.19. The first-order valence-electron chi connectivity index (χ1n) is 8.23. The van der Waals surface area contributed by atoms with Crippen molar-refractivity contribution in [3.63, 3.8) is 0 Å². The SMILES string of the molecule is C.Cc1cc(=O)n(CCNCn2c(O)c(C(N)=O)c(C)cc2=O)c(O)c1C(N)=O. The van der Waals surface area contributed by atoms with Gasteiger partial charge in [-0.2, -0.15) is 0 Å². The Bertz CT molecular complexity index is 984. The van der Waals surface area contributed by atoms with Crippen LogP contribution in [-0.4, -0.2) is 37.7 Å². The highest BCUT2D eigenvalue weighted by atomic mass is 16.3. The third-order valence-electron chi connectivity index (χ3n) is 4.23. The topological polar surface area (TPSA) is 183 Å². The number of nitrogens with two attached hydrogens (primary N) is 2. The first-order valence-corrected chi connectivity index (χ1v) is 8.23. The van der Waals surface area contributed by atoms with E-state index in [-0.39, 0.29) is 49.4 Å². The molecular weight excluding hydrogens is 382 g/mol. The molecule has 0 aliphatic rings. The molecule has 0 fully saturated rings. The Morgan fingerprint density at radius 3 is 1.79 bits per heavy atom. The van der Waals surface area contributed by atoms with Crippen LogP contribution in [0.25, 0.3) is 0 Å². The van der Waals surface area contributed by atoms with Gasteiger partial charge in [-0.05, 0) is 25.0 Å². The van der Waals surface area contributed by atoms with Crippen LogP contribution in [0.2, 0.25) is 0 Å². The zero-order chi connectivity index (χ0) is 21.2. The standard InChI is InChI=1S/C17H21N5O6.CH4/c1-8-5-10(23)21(16(27)12(8)14(18)25)4-3-20-7-22-11(24)6-9(2)13(15(19)26)17(22)28;/h5-6,20,27-28H,3-4,7H2,1-2H3,(H2,18,25)(H2,19,26);1H4. The largest absolute Gasteiger partial charge is 0.494 e. The minimum Gasteiger partial charge on any atom is -0.494 e. The molecule has 2 aromatic rings. The molecule has 0 atom stereocenters. The second kappa shape index (κ2) is 9.06. The van der Waals surface area contributed by atoms with Gasteiger partial charge in [-0.25, -0.2) is 0 Å². The third-order valence-corrected chi connectivity index (χ3v) is 4.23. The average molecular weight is 407 g/mol. The molecule has 11 nitrogen and oxygen atoms in total. The van der Waals surface area contributed by atoms with Crippen LogP contribution in [0.4, 0.5) is 0 Å². The summed E-state index contributed by atoms with van der Waals surface area (Å²) in [6, 6.07) is 2.34. The number of amides is 2. The van der Waals surface area contributed by atoms with Gasteiger partial charge in [-0.15, -0.1) is 0 Å². The molecule has 0 unspecified atom stereocenters. The van der Waals surface area contributed by atoms with Crippen LogP contribution < -0.4 is 27.9 Å². The molecule has 29 heavy (non-hydrogen) atoms. The van der Waals surface area contributed by atoms with Gasteiger partial charge in [-0.3, -0.25) is 33.6 Å². The summed E-state index contributed by atoms with van der Waals surface area (Å²) in [7, 11) is 0. The summed E-state index contributed by atoms with van der Waals surface area (Å²) in [5.74, 6) is -2.87. The lowest BCUT2D eigenvalue weighted by atomic mass is 10.1. The zero-order valence-corrected chi connectivity index (χ0v) is 15.4. The lowest BCUT2D eigenvalue weighted by Gasteiger charge is -2.15. The summed E-state index contributed by atoms with van der Waals surface area (Å²) in [5, 5.41) is 23.1. The molecule has 0 radical (unpaired) electrons. The van der Waals surface area contributed by atoms with E-state index >= 15 is 0 Å². The van der Waals surface area contributed by atoms with Gasteiger partial charge in [0.1, 0.15) is 11.1 Å². The van der Waals surface area contributed by atoms with Crippen LogP contribution >= 0.6 is 0 Å². The molecule has 2 aromatic heterocycles.